The zero-order valence-electron chi connectivity index (χ0n) is 12.5. The lowest BCUT2D eigenvalue weighted by Crippen LogP contribution is -2.38. The summed E-state index contributed by atoms with van der Waals surface area (Å²) in [6.45, 7) is 0. The molecule has 2 aliphatic rings. The Morgan fingerprint density at radius 3 is 2.95 bits per heavy atom. The van der Waals surface area contributed by atoms with Gasteiger partial charge < -0.3 is 15.2 Å². The molecule has 3 unspecified atom stereocenters. The van der Waals surface area contributed by atoms with Gasteiger partial charge in [-0.15, -0.1) is 0 Å². The first-order chi connectivity index (χ1) is 10.2. The van der Waals surface area contributed by atoms with Crippen molar-refractivity contribution in [2.24, 2.45) is 5.92 Å². The summed E-state index contributed by atoms with van der Waals surface area (Å²) in [5.74, 6) is 0.0759. The van der Waals surface area contributed by atoms with E-state index in [0.29, 0.717) is 12.1 Å². The first-order valence-electron chi connectivity index (χ1n) is 7.83. The summed E-state index contributed by atoms with van der Waals surface area (Å²) in [6, 6.07) is 6.95. The van der Waals surface area contributed by atoms with Crippen molar-refractivity contribution in [3.8, 4) is 5.75 Å². The quantitative estimate of drug-likeness (QED) is 0.895. The molecule has 0 heterocycles. The molecule has 1 aromatic rings. The van der Waals surface area contributed by atoms with Crippen molar-refractivity contribution in [1.29, 1.82) is 0 Å². The molecule has 0 radical (unpaired) electrons. The number of carboxylic acids is 1. The van der Waals surface area contributed by atoms with Gasteiger partial charge >= 0.3 is 5.97 Å². The molecule has 21 heavy (non-hydrogen) atoms. The van der Waals surface area contributed by atoms with Gasteiger partial charge in [0.1, 0.15) is 5.75 Å². The molecule has 0 bridgehead atoms. The van der Waals surface area contributed by atoms with Gasteiger partial charge in [0.2, 0.25) is 0 Å². The van der Waals surface area contributed by atoms with Gasteiger partial charge in [0, 0.05) is 12.1 Å². The van der Waals surface area contributed by atoms with E-state index in [1.165, 1.54) is 11.1 Å². The Morgan fingerprint density at radius 1 is 1.33 bits per heavy atom. The molecule has 4 heteroatoms. The highest BCUT2D eigenvalue weighted by Gasteiger charge is 2.30. The highest BCUT2D eigenvalue weighted by molar-refractivity contribution is 5.70. The van der Waals surface area contributed by atoms with Crippen molar-refractivity contribution in [1.82, 2.24) is 5.32 Å². The monoisotopic (exact) mass is 289 g/mol. The van der Waals surface area contributed by atoms with Crippen molar-refractivity contribution in [3.63, 3.8) is 0 Å². The lowest BCUT2D eigenvalue weighted by atomic mass is 9.85. The molecule has 2 aliphatic carbocycles. The van der Waals surface area contributed by atoms with Crippen LogP contribution >= 0.6 is 0 Å². The molecule has 4 nitrogen and oxygen atoms in total. The SMILES string of the molecule is COc1ccc2c(c1)C(NC1CCCC(C(=O)O)C1)CC2. The van der Waals surface area contributed by atoms with Crippen LogP contribution in [0, 0.1) is 5.92 Å². The van der Waals surface area contributed by atoms with Crippen LogP contribution in [0.15, 0.2) is 18.2 Å². The van der Waals surface area contributed by atoms with Gasteiger partial charge in [-0.1, -0.05) is 12.5 Å². The number of nitrogens with one attached hydrogen (secondary N) is 1. The molecule has 1 fully saturated rings. The first kappa shape index (κ1) is 14.4. The van der Waals surface area contributed by atoms with E-state index >= 15 is 0 Å². The van der Waals surface area contributed by atoms with Gasteiger partial charge in [0.15, 0.2) is 0 Å². The minimum absolute atomic E-state index is 0.178. The number of fused-ring (bicyclic) bond motifs is 1. The van der Waals surface area contributed by atoms with Crippen molar-refractivity contribution in [2.75, 3.05) is 7.11 Å². The average molecular weight is 289 g/mol. The fraction of sp³-hybridized carbons (Fsp3) is 0.588. The van der Waals surface area contributed by atoms with E-state index in [9.17, 15) is 9.90 Å². The summed E-state index contributed by atoms with van der Waals surface area (Å²) in [4.78, 5) is 11.2. The highest BCUT2D eigenvalue weighted by Crippen LogP contribution is 2.35. The van der Waals surface area contributed by atoms with E-state index < -0.39 is 5.97 Å². The van der Waals surface area contributed by atoms with Gasteiger partial charge in [-0.3, -0.25) is 4.79 Å². The molecule has 0 aliphatic heterocycles. The van der Waals surface area contributed by atoms with Crippen molar-refractivity contribution in [3.05, 3.63) is 29.3 Å². The predicted octanol–water partition coefficient (Wildman–Crippen LogP) is 2.92. The molecule has 3 rings (SSSR count). The number of methoxy groups -OCH3 is 1. The van der Waals surface area contributed by atoms with Gasteiger partial charge in [0.25, 0.3) is 0 Å². The van der Waals surface area contributed by atoms with Gasteiger partial charge in [-0.05, 0) is 55.4 Å². The number of hydrogen-bond donors (Lipinski definition) is 2. The van der Waals surface area contributed by atoms with Crippen LogP contribution in [-0.2, 0) is 11.2 Å². The lowest BCUT2D eigenvalue weighted by molar-refractivity contribution is -0.143. The zero-order chi connectivity index (χ0) is 14.8. The summed E-state index contributed by atoms with van der Waals surface area (Å²) >= 11 is 0. The standard InChI is InChI=1S/C17H23NO3/c1-21-14-7-5-11-6-8-16(15(11)10-14)18-13-4-2-3-12(9-13)17(19)20/h5,7,10,12-13,16,18H,2-4,6,8-9H2,1H3,(H,19,20). The molecule has 114 valence electrons. The second-order valence-corrected chi connectivity index (χ2v) is 6.22. The minimum atomic E-state index is -0.644. The lowest BCUT2D eigenvalue weighted by Gasteiger charge is -2.30. The summed E-state index contributed by atoms with van der Waals surface area (Å²) < 4.78 is 5.32. The normalized spacial score (nSPS) is 28.1. The van der Waals surface area contributed by atoms with Crippen molar-refractivity contribution >= 4 is 5.97 Å². The number of carbonyl (C=O) groups is 1. The molecule has 3 atom stereocenters. The minimum Gasteiger partial charge on any atom is -0.497 e. The molecule has 0 spiro atoms. The number of aryl methyl sites for hydroxylation is 1. The van der Waals surface area contributed by atoms with Crippen LogP contribution in [0.5, 0.6) is 5.75 Å². The van der Waals surface area contributed by atoms with E-state index in [4.69, 9.17) is 4.74 Å². The van der Waals surface area contributed by atoms with Crippen molar-refractivity contribution < 1.29 is 14.6 Å². The third-order valence-electron chi connectivity index (χ3n) is 4.89. The Bertz CT molecular complexity index is 529. The van der Waals surface area contributed by atoms with Gasteiger partial charge in [-0.25, -0.2) is 0 Å². The van der Waals surface area contributed by atoms with E-state index in [1.54, 1.807) is 7.11 Å². The number of hydrogen-bond acceptors (Lipinski definition) is 3. The van der Waals surface area contributed by atoms with E-state index in [-0.39, 0.29) is 5.92 Å². The number of rotatable bonds is 4. The van der Waals surface area contributed by atoms with Crippen LogP contribution in [0.4, 0.5) is 0 Å². The Kier molecular flexibility index (Phi) is 4.15. The van der Waals surface area contributed by atoms with Crippen LogP contribution in [-0.4, -0.2) is 24.2 Å². The molecular weight excluding hydrogens is 266 g/mol. The van der Waals surface area contributed by atoms with Crippen LogP contribution in [0.25, 0.3) is 0 Å². The zero-order valence-corrected chi connectivity index (χ0v) is 12.5. The first-order valence-corrected chi connectivity index (χ1v) is 7.83. The Morgan fingerprint density at radius 2 is 2.19 bits per heavy atom. The highest BCUT2D eigenvalue weighted by atomic mass is 16.5. The second-order valence-electron chi connectivity index (χ2n) is 6.22. The van der Waals surface area contributed by atoms with Gasteiger partial charge in [-0.2, -0.15) is 0 Å². The predicted molar refractivity (Wildman–Crippen MR) is 80.6 cm³/mol. The van der Waals surface area contributed by atoms with Crippen LogP contribution in [0.3, 0.4) is 0 Å². The summed E-state index contributed by atoms with van der Waals surface area (Å²) in [5.41, 5.74) is 2.71. The molecule has 1 aromatic carbocycles. The second kappa shape index (κ2) is 6.06. The number of aliphatic carboxylic acids is 1. The van der Waals surface area contributed by atoms with Crippen LogP contribution in [0.2, 0.25) is 0 Å². The third kappa shape index (κ3) is 3.05. The molecule has 0 aromatic heterocycles. The van der Waals surface area contributed by atoms with E-state index in [2.05, 4.69) is 17.4 Å². The van der Waals surface area contributed by atoms with E-state index in [1.807, 2.05) is 6.07 Å². The smallest absolute Gasteiger partial charge is 0.306 e. The number of benzene rings is 1. The Balaban J connectivity index is 1.68. The maximum absolute atomic E-state index is 11.2. The summed E-state index contributed by atoms with van der Waals surface area (Å²) in [6.07, 6.45) is 5.85. The molecule has 0 amide bonds. The maximum atomic E-state index is 11.2. The largest absolute Gasteiger partial charge is 0.497 e. The summed E-state index contributed by atoms with van der Waals surface area (Å²) in [5, 5.41) is 12.9. The molecule has 0 saturated heterocycles. The van der Waals surface area contributed by atoms with Gasteiger partial charge in [0.05, 0.1) is 13.0 Å². The maximum Gasteiger partial charge on any atom is 0.306 e. The van der Waals surface area contributed by atoms with Crippen molar-refractivity contribution in [2.45, 2.75) is 50.6 Å². The molecule has 2 N–H and O–H groups in total. The third-order valence-corrected chi connectivity index (χ3v) is 4.89. The van der Waals surface area contributed by atoms with Crippen LogP contribution < -0.4 is 10.1 Å². The molecule has 1 saturated carbocycles. The van der Waals surface area contributed by atoms with Crippen LogP contribution in [0.1, 0.15) is 49.3 Å². The summed E-state index contributed by atoms with van der Waals surface area (Å²) in [7, 11) is 1.69. The Labute approximate surface area is 125 Å². The van der Waals surface area contributed by atoms with E-state index in [0.717, 1.165) is 44.3 Å². The molecular formula is C17H23NO3. The number of carboxylic acid groups (broad SMARTS) is 1. The average Bonchev–Trinajstić information content (AvgIpc) is 2.89. The topological polar surface area (TPSA) is 58.6 Å². The Hall–Kier alpha value is -1.55. The fourth-order valence-corrected chi connectivity index (χ4v) is 3.73. The number of ether oxygens (including phenoxy) is 1. The fourth-order valence-electron chi connectivity index (χ4n) is 3.73.